The maximum absolute atomic E-state index is 3.60. The summed E-state index contributed by atoms with van der Waals surface area (Å²) in [6.45, 7) is 5.64. The van der Waals surface area contributed by atoms with Crippen LogP contribution in [0.15, 0.2) is 40.9 Å². The van der Waals surface area contributed by atoms with Crippen LogP contribution in [-0.2, 0) is 0 Å². The van der Waals surface area contributed by atoms with Gasteiger partial charge in [0.15, 0.2) is 0 Å². The largest absolute Gasteiger partial charge is 0.385 e. The van der Waals surface area contributed by atoms with Crippen molar-refractivity contribution >= 4 is 32.4 Å². The third-order valence-electron chi connectivity index (χ3n) is 3.94. The van der Waals surface area contributed by atoms with E-state index >= 15 is 0 Å². The molecule has 1 nitrogen and oxygen atoms in total. The molecule has 0 heterocycles. The van der Waals surface area contributed by atoms with Crippen LogP contribution in [0.3, 0.4) is 0 Å². The average Bonchev–Trinajstić information content (AvgIpc) is 2.47. The van der Waals surface area contributed by atoms with Crippen molar-refractivity contribution < 1.29 is 0 Å². The summed E-state index contributed by atoms with van der Waals surface area (Å²) in [5.41, 5.74) is 1.23. The van der Waals surface area contributed by atoms with Crippen LogP contribution in [0.2, 0.25) is 0 Å². The zero-order valence-electron chi connectivity index (χ0n) is 12.5. The molecule has 1 N–H and O–H groups in total. The Morgan fingerprint density at radius 3 is 2.55 bits per heavy atom. The van der Waals surface area contributed by atoms with Gasteiger partial charge >= 0.3 is 0 Å². The van der Waals surface area contributed by atoms with Gasteiger partial charge < -0.3 is 5.32 Å². The summed E-state index contributed by atoms with van der Waals surface area (Å²) in [7, 11) is 0. The lowest BCUT2D eigenvalue weighted by Crippen LogP contribution is -2.13. The van der Waals surface area contributed by atoms with E-state index in [1.54, 1.807) is 0 Å². The van der Waals surface area contributed by atoms with Gasteiger partial charge in [0.25, 0.3) is 0 Å². The SMILES string of the molecule is CCCCC(CC)CNc1ccc2cc(Br)ccc2c1. The fourth-order valence-electron chi connectivity index (χ4n) is 2.53. The number of nitrogens with one attached hydrogen (secondary N) is 1. The molecule has 0 aliphatic rings. The van der Waals surface area contributed by atoms with E-state index in [0.29, 0.717) is 0 Å². The van der Waals surface area contributed by atoms with Crippen LogP contribution in [0, 0.1) is 5.92 Å². The molecule has 0 aliphatic carbocycles. The number of fused-ring (bicyclic) bond motifs is 1. The minimum absolute atomic E-state index is 0.788. The zero-order chi connectivity index (χ0) is 14.4. The lowest BCUT2D eigenvalue weighted by atomic mass is 9.99. The first-order valence-electron chi connectivity index (χ1n) is 7.66. The highest BCUT2D eigenvalue weighted by Crippen LogP contribution is 2.23. The van der Waals surface area contributed by atoms with Crippen LogP contribution < -0.4 is 5.32 Å². The minimum Gasteiger partial charge on any atom is -0.385 e. The zero-order valence-corrected chi connectivity index (χ0v) is 14.0. The number of halogens is 1. The average molecular weight is 334 g/mol. The van der Waals surface area contributed by atoms with Crippen LogP contribution >= 0.6 is 15.9 Å². The topological polar surface area (TPSA) is 12.0 Å². The molecule has 108 valence electrons. The molecule has 2 rings (SSSR count). The van der Waals surface area contributed by atoms with Gasteiger partial charge in [-0.05, 0) is 47.4 Å². The van der Waals surface area contributed by atoms with Crippen LogP contribution in [0.4, 0.5) is 5.69 Å². The van der Waals surface area contributed by atoms with Crippen molar-refractivity contribution in [3.8, 4) is 0 Å². The van der Waals surface area contributed by atoms with Crippen molar-refractivity contribution in [1.29, 1.82) is 0 Å². The third kappa shape index (κ3) is 4.24. The Balaban J connectivity index is 2.00. The predicted molar refractivity (Wildman–Crippen MR) is 93.4 cm³/mol. The van der Waals surface area contributed by atoms with Crippen molar-refractivity contribution in [2.45, 2.75) is 39.5 Å². The maximum atomic E-state index is 3.60. The quantitative estimate of drug-likeness (QED) is 0.633. The molecule has 0 fully saturated rings. The van der Waals surface area contributed by atoms with Crippen molar-refractivity contribution in [3.05, 3.63) is 40.9 Å². The molecule has 2 aromatic rings. The summed E-state index contributed by atoms with van der Waals surface area (Å²) in [5.74, 6) is 0.788. The van der Waals surface area contributed by atoms with Crippen LogP contribution in [0.5, 0.6) is 0 Å². The monoisotopic (exact) mass is 333 g/mol. The highest BCUT2D eigenvalue weighted by molar-refractivity contribution is 9.10. The molecule has 0 bridgehead atoms. The summed E-state index contributed by atoms with van der Waals surface area (Å²) < 4.78 is 1.14. The van der Waals surface area contributed by atoms with Crippen LogP contribution in [0.1, 0.15) is 39.5 Å². The minimum atomic E-state index is 0.788. The van der Waals surface area contributed by atoms with Crippen molar-refractivity contribution in [3.63, 3.8) is 0 Å². The van der Waals surface area contributed by atoms with E-state index in [1.807, 2.05) is 0 Å². The second-order valence-electron chi connectivity index (χ2n) is 5.50. The lowest BCUT2D eigenvalue weighted by Gasteiger charge is -2.16. The summed E-state index contributed by atoms with van der Waals surface area (Å²) >= 11 is 3.52. The first-order chi connectivity index (χ1) is 9.72. The number of benzene rings is 2. The Hall–Kier alpha value is -1.02. The highest BCUT2D eigenvalue weighted by Gasteiger charge is 2.05. The van der Waals surface area contributed by atoms with Crippen molar-refractivity contribution in [2.24, 2.45) is 5.92 Å². The Morgan fingerprint density at radius 2 is 1.80 bits per heavy atom. The van der Waals surface area contributed by atoms with Gasteiger partial charge in [-0.25, -0.2) is 0 Å². The van der Waals surface area contributed by atoms with E-state index in [2.05, 4.69) is 71.5 Å². The molecule has 1 atom stereocenters. The van der Waals surface area contributed by atoms with Crippen LogP contribution in [-0.4, -0.2) is 6.54 Å². The number of hydrogen-bond acceptors (Lipinski definition) is 1. The Labute approximate surface area is 130 Å². The Morgan fingerprint density at radius 1 is 1.05 bits per heavy atom. The van der Waals surface area contributed by atoms with Gasteiger partial charge in [-0.2, -0.15) is 0 Å². The van der Waals surface area contributed by atoms with E-state index in [9.17, 15) is 0 Å². The van der Waals surface area contributed by atoms with Gasteiger partial charge in [0.1, 0.15) is 0 Å². The second-order valence-corrected chi connectivity index (χ2v) is 6.42. The summed E-state index contributed by atoms with van der Waals surface area (Å²) in [6.07, 6.45) is 5.22. The van der Waals surface area contributed by atoms with E-state index in [-0.39, 0.29) is 0 Å². The fourth-order valence-corrected chi connectivity index (χ4v) is 2.91. The van der Waals surface area contributed by atoms with Gasteiger partial charge in [0, 0.05) is 16.7 Å². The van der Waals surface area contributed by atoms with E-state index < -0.39 is 0 Å². The highest BCUT2D eigenvalue weighted by atomic mass is 79.9. The molecule has 0 aliphatic heterocycles. The molecular formula is C18H24BrN. The normalized spacial score (nSPS) is 12.6. The smallest absolute Gasteiger partial charge is 0.0346 e. The first kappa shape index (κ1) is 15.4. The van der Waals surface area contributed by atoms with Crippen LogP contribution in [0.25, 0.3) is 10.8 Å². The van der Waals surface area contributed by atoms with E-state index in [1.165, 1.54) is 42.1 Å². The molecule has 0 aromatic heterocycles. The number of unbranched alkanes of at least 4 members (excludes halogenated alkanes) is 1. The molecule has 0 spiro atoms. The molecule has 0 radical (unpaired) electrons. The fraction of sp³-hybridized carbons (Fsp3) is 0.444. The van der Waals surface area contributed by atoms with Crippen molar-refractivity contribution in [2.75, 3.05) is 11.9 Å². The van der Waals surface area contributed by atoms with Gasteiger partial charge in [0.2, 0.25) is 0 Å². The number of rotatable bonds is 7. The molecule has 2 heteroatoms. The second kappa shape index (κ2) is 7.68. The summed E-state index contributed by atoms with van der Waals surface area (Å²) in [4.78, 5) is 0. The maximum Gasteiger partial charge on any atom is 0.0346 e. The molecule has 1 unspecified atom stereocenters. The van der Waals surface area contributed by atoms with Gasteiger partial charge in [-0.1, -0.05) is 61.2 Å². The predicted octanol–water partition coefficient (Wildman–Crippen LogP) is 6.23. The Bertz CT molecular complexity index is 550. The molecule has 0 amide bonds. The number of hydrogen-bond donors (Lipinski definition) is 1. The van der Waals surface area contributed by atoms with Gasteiger partial charge in [0.05, 0.1) is 0 Å². The lowest BCUT2D eigenvalue weighted by molar-refractivity contribution is 0.473. The summed E-state index contributed by atoms with van der Waals surface area (Å²) in [5, 5.41) is 6.17. The molecule has 0 saturated heterocycles. The first-order valence-corrected chi connectivity index (χ1v) is 8.45. The van der Waals surface area contributed by atoms with Gasteiger partial charge in [-0.15, -0.1) is 0 Å². The Kier molecular flexibility index (Phi) is 5.90. The molecular weight excluding hydrogens is 310 g/mol. The molecule has 20 heavy (non-hydrogen) atoms. The molecule has 2 aromatic carbocycles. The van der Waals surface area contributed by atoms with E-state index in [4.69, 9.17) is 0 Å². The van der Waals surface area contributed by atoms with E-state index in [0.717, 1.165) is 16.9 Å². The van der Waals surface area contributed by atoms with Crippen molar-refractivity contribution in [1.82, 2.24) is 0 Å². The molecule has 0 saturated carbocycles. The third-order valence-corrected chi connectivity index (χ3v) is 4.43. The number of anilines is 1. The summed E-state index contributed by atoms with van der Waals surface area (Å²) in [6, 6.07) is 13.0. The van der Waals surface area contributed by atoms with Gasteiger partial charge in [-0.3, -0.25) is 0 Å². The standard InChI is InChI=1S/C18H24BrN/c1-3-5-6-14(4-2)13-20-18-10-8-15-11-17(19)9-7-16(15)12-18/h7-12,14,20H,3-6,13H2,1-2H3.